The maximum absolute atomic E-state index is 9.15. The first-order chi connectivity index (χ1) is 8.41. The Morgan fingerprint density at radius 1 is 0.944 bits per heavy atom. The minimum atomic E-state index is -1.56. The van der Waals surface area contributed by atoms with Gasteiger partial charge in [-0.2, -0.15) is 0 Å². The van der Waals surface area contributed by atoms with E-state index in [1.807, 2.05) is 4.90 Å². The lowest BCUT2D eigenvalue weighted by molar-refractivity contribution is 0.251. The maximum Gasteiger partial charge on any atom is 0.550 e. The van der Waals surface area contributed by atoms with E-state index in [-0.39, 0.29) is 13.2 Å². The molecule has 104 valence electrons. The lowest BCUT2D eigenvalue weighted by atomic mass is 9.67. The van der Waals surface area contributed by atoms with Crippen molar-refractivity contribution >= 4 is 21.3 Å². The zero-order chi connectivity index (χ0) is 14.0. The third-order valence-electron chi connectivity index (χ3n) is 2.53. The average Bonchev–Trinajstić information content (AvgIpc) is 2.24. The summed E-state index contributed by atoms with van der Waals surface area (Å²) in [6.45, 7) is 3.01. The molecule has 0 heterocycles. The highest BCUT2D eigenvalue weighted by atomic mass is 16.4. The lowest BCUT2D eigenvalue weighted by Gasteiger charge is -2.22. The monoisotopic (exact) mass is 260 g/mol. The van der Waals surface area contributed by atoms with E-state index in [1.54, 1.807) is 6.82 Å². The predicted octanol–water partition coefficient (Wildman–Crippen LogP) is -2.33. The molecule has 0 aliphatic heterocycles. The van der Waals surface area contributed by atoms with Crippen molar-refractivity contribution in [3.05, 3.63) is 0 Å². The first kappa shape index (κ1) is 17.9. The zero-order valence-corrected chi connectivity index (χ0v) is 10.9. The van der Waals surface area contributed by atoms with Gasteiger partial charge >= 0.3 is 14.4 Å². The number of rotatable bonds is 11. The van der Waals surface area contributed by atoms with E-state index in [2.05, 4.69) is 5.23 Å². The van der Waals surface area contributed by atoms with Gasteiger partial charge < -0.3 is 25.1 Å². The summed E-state index contributed by atoms with van der Waals surface area (Å²) in [5, 5.41) is 46.6. The molecule has 0 spiro atoms. The summed E-state index contributed by atoms with van der Waals surface area (Å²) in [6.07, 6.45) is 2.37. The minimum Gasteiger partial charge on any atom is -0.451 e. The van der Waals surface area contributed by atoms with Crippen LogP contribution in [0.4, 0.5) is 0 Å². The molecule has 0 aromatic rings. The van der Waals surface area contributed by atoms with E-state index in [0.717, 1.165) is 6.42 Å². The number of nitrogens with one attached hydrogen (secondary N) is 1. The van der Waals surface area contributed by atoms with Crippen LogP contribution in [0, 0.1) is 0 Å². The van der Waals surface area contributed by atoms with Crippen LogP contribution in [0.1, 0.15) is 12.8 Å². The standard InChI is InChI=1S/C8H23B3N2O5/c1-9(14)4-2-6-13(8-12-11(17)18)7-3-5-10(15)16/h12,14-18H,2-8H2,1H3. The van der Waals surface area contributed by atoms with Crippen molar-refractivity contribution in [3.63, 3.8) is 0 Å². The van der Waals surface area contributed by atoms with Crippen LogP contribution in [0.25, 0.3) is 0 Å². The summed E-state index contributed by atoms with van der Waals surface area (Å²) in [4.78, 5) is 1.93. The first-order valence-corrected chi connectivity index (χ1v) is 6.28. The molecule has 0 unspecified atom stereocenters. The minimum absolute atomic E-state index is 0.286. The van der Waals surface area contributed by atoms with Gasteiger partial charge in [-0.3, -0.25) is 10.1 Å². The molecule has 0 aliphatic rings. The van der Waals surface area contributed by atoms with Crippen LogP contribution >= 0.6 is 0 Å². The van der Waals surface area contributed by atoms with Crippen molar-refractivity contribution in [3.8, 4) is 0 Å². The van der Waals surface area contributed by atoms with Crippen LogP contribution in [0.2, 0.25) is 19.5 Å². The largest absolute Gasteiger partial charge is 0.550 e. The molecule has 0 rings (SSSR count). The SMILES string of the molecule is CB(O)CCCN(CCCB(O)O)CNB(O)O. The molecule has 0 atom stereocenters. The van der Waals surface area contributed by atoms with E-state index < -0.39 is 14.4 Å². The lowest BCUT2D eigenvalue weighted by Crippen LogP contribution is -2.43. The summed E-state index contributed by atoms with van der Waals surface area (Å²) >= 11 is 0. The van der Waals surface area contributed by atoms with Gasteiger partial charge in [0.15, 0.2) is 0 Å². The van der Waals surface area contributed by atoms with E-state index >= 15 is 0 Å². The topological polar surface area (TPSA) is 116 Å². The summed E-state index contributed by atoms with van der Waals surface area (Å²) in [5.74, 6) is 0. The van der Waals surface area contributed by atoms with Crippen LogP contribution in [0.15, 0.2) is 0 Å². The van der Waals surface area contributed by atoms with Crippen LogP contribution in [0.5, 0.6) is 0 Å². The molecule has 0 aromatic heterocycles. The maximum atomic E-state index is 9.15. The van der Waals surface area contributed by atoms with Crippen LogP contribution in [-0.2, 0) is 0 Å². The molecule has 0 bridgehead atoms. The highest BCUT2D eigenvalue weighted by Gasteiger charge is 2.13. The molecule has 0 radical (unpaired) electrons. The van der Waals surface area contributed by atoms with E-state index in [0.29, 0.717) is 32.5 Å². The van der Waals surface area contributed by atoms with Gasteiger partial charge in [0.05, 0.1) is 0 Å². The molecular formula is C8H23B3N2O5. The van der Waals surface area contributed by atoms with Crippen molar-refractivity contribution in [2.24, 2.45) is 0 Å². The fourth-order valence-corrected chi connectivity index (χ4v) is 1.59. The second-order valence-electron chi connectivity index (χ2n) is 4.47. The molecule has 7 nitrogen and oxygen atoms in total. The Balaban J connectivity index is 3.84. The Labute approximate surface area is 109 Å². The highest BCUT2D eigenvalue weighted by Crippen LogP contribution is 2.01. The molecular weight excluding hydrogens is 237 g/mol. The molecule has 6 N–H and O–H groups in total. The summed E-state index contributed by atoms with van der Waals surface area (Å²) in [7, 11) is -2.87. The number of nitrogens with zero attached hydrogens (tertiary/aromatic N) is 1. The first-order valence-electron chi connectivity index (χ1n) is 6.28. The van der Waals surface area contributed by atoms with Crippen molar-refractivity contribution < 1.29 is 25.1 Å². The zero-order valence-electron chi connectivity index (χ0n) is 10.9. The Morgan fingerprint density at radius 3 is 1.94 bits per heavy atom. The molecule has 0 aliphatic carbocycles. The second-order valence-corrected chi connectivity index (χ2v) is 4.47. The molecule has 0 aromatic carbocycles. The summed E-state index contributed by atoms with van der Waals surface area (Å²) in [5.41, 5.74) is 0. The fourth-order valence-electron chi connectivity index (χ4n) is 1.59. The van der Waals surface area contributed by atoms with Crippen molar-refractivity contribution in [2.45, 2.75) is 32.3 Å². The van der Waals surface area contributed by atoms with Crippen LogP contribution in [0.3, 0.4) is 0 Å². The molecule has 0 amide bonds. The molecule has 0 saturated carbocycles. The Bertz CT molecular complexity index is 186. The van der Waals surface area contributed by atoms with E-state index in [4.69, 9.17) is 25.1 Å². The average molecular weight is 260 g/mol. The van der Waals surface area contributed by atoms with Crippen molar-refractivity contribution in [1.29, 1.82) is 0 Å². The Hall–Kier alpha value is -0.0852. The molecule has 0 fully saturated rings. The smallest absolute Gasteiger partial charge is 0.451 e. The normalized spacial score (nSPS) is 10.8. The van der Waals surface area contributed by atoms with E-state index in [1.165, 1.54) is 0 Å². The number of hydrogen-bond acceptors (Lipinski definition) is 7. The summed E-state index contributed by atoms with van der Waals surface area (Å²) in [6, 6.07) is 0. The van der Waals surface area contributed by atoms with Gasteiger partial charge in [-0.25, -0.2) is 0 Å². The molecule has 18 heavy (non-hydrogen) atoms. The van der Waals surface area contributed by atoms with Crippen LogP contribution < -0.4 is 5.23 Å². The van der Waals surface area contributed by atoms with Gasteiger partial charge in [0.2, 0.25) is 0 Å². The van der Waals surface area contributed by atoms with Crippen molar-refractivity contribution in [1.82, 2.24) is 10.1 Å². The predicted molar refractivity (Wildman–Crippen MR) is 72.6 cm³/mol. The Kier molecular flexibility index (Phi) is 10.8. The van der Waals surface area contributed by atoms with E-state index in [9.17, 15) is 0 Å². The van der Waals surface area contributed by atoms with Gasteiger partial charge in [0.25, 0.3) is 6.92 Å². The molecule has 10 heteroatoms. The second kappa shape index (κ2) is 10.8. The highest BCUT2D eigenvalue weighted by molar-refractivity contribution is 6.48. The van der Waals surface area contributed by atoms with Crippen molar-refractivity contribution in [2.75, 3.05) is 19.8 Å². The van der Waals surface area contributed by atoms with Gasteiger partial charge in [0.1, 0.15) is 0 Å². The third-order valence-corrected chi connectivity index (χ3v) is 2.53. The number of hydrogen-bond donors (Lipinski definition) is 6. The quantitative estimate of drug-likeness (QED) is 0.182. The fraction of sp³-hybridized carbons (Fsp3) is 1.00. The van der Waals surface area contributed by atoms with Crippen LogP contribution in [-0.4, -0.2) is 71.1 Å². The van der Waals surface area contributed by atoms with Gasteiger partial charge in [0, 0.05) is 6.67 Å². The summed E-state index contributed by atoms with van der Waals surface area (Å²) < 4.78 is 0. The van der Waals surface area contributed by atoms with Gasteiger partial charge in [-0.1, -0.05) is 6.82 Å². The third kappa shape index (κ3) is 12.4. The van der Waals surface area contributed by atoms with Gasteiger partial charge in [-0.05, 0) is 38.6 Å². The van der Waals surface area contributed by atoms with Gasteiger partial charge in [-0.15, -0.1) is 0 Å². The Morgan fingerprint density at radius 2 is 1.50 bits per heavy atom. The molecule has 0 saturated heterocycles.